The third-order valence-electron chi connectivity index (χ3n) is 1.65. The number of aliphatic hydroxyl groups is 1. The predicted molar refractivity (Wildman–Crippen MR) is 70.5 cm³/mol. The van der Waals surface area contributed by atoms with Crippen LogP contribution in [0.4, 0.5) is 0 Å². The first kappa shape index (κ1) is 19.4. The largest absolute Gasteiger partial charge is 0.462 e. The number of hydrogen-bond acceptors (Lipinski definition) is 5. The van der Waals surface area contributed by atoms with Gasteiger partial charge in [-0.25, -0.2) is 0 Å². The van der Waals surface area contributed by atoms with E-state index in [1.54, 1.807) is 0 Å². The van der Waals surface area contributed by atoms with Crippen molar-refractivity contribution in [3.63, 3.8) is 0 Å². The summed E-state index contributed by atoms with van der Waals surface area (Å²) in [6, 6.07) is 0. The van der Waals surface area contributed by atoms with Crippen molar-refractivity contribution in [3.05, 3.63) is 12.7 Å². The van der Waals surface area contributed by atoms with Crippen LogP contribution in [0.3, 0.4) is 0 Å². The highest BCUT2D eigenvalue weighted by Crippen LogP contribution is 1.87. The van der Waals surface area contributed by atoms with E-state index in [9.17, 15) is 4.79 Å². The van der Waals surface area contributed by atoms with Crippen LogP contribution in [0.2, 0.25) is 0 Å². The van der Waals surface area contributed by atoms with Gasteiger partial charge in [0.1, 0.15) is 6.61 Å². The molecule has 0 aliphatic heterocycles. The number of aliphatic hydroxyl groups excluding tert-OH is 1. The molecule has 0 aromatic rings. The van der Waals surface area contributed by atoms with Gasteiger partial charge < -0.3 is 19.3 Å². The first-order valence-electron chi connectivity index (χ1n) is 6.19. The summed E-state index contributed by atoms with van der Waals surface area (Å²) >= 11 is 0. The van der Waals surface area contributed by atoms with Crippen molar-refractivity contribution in [2.24, 2.45) is 0 Å². The lowest BCUT2D eigenvalue weighted by atomic mass is 10.4. The van der Waals surface area contributed by atoms with Crippen LogP contribution < -0.4 is 0 Å². The summed E-state index contributed by atoms with van der Waals surface area (Å²) in [5.41, 5.74) is 0. The fourth-order valence-corrected chi connectivity index (χ4v) is 0.809. The third-order valence-corrected chi connectivity index (χ3v) is 1.65. The van der Waals surface area contributed by atoms with Gasteiger partial charge in [-0.05, 0) is 6.42 Å². The summed E-state index contributed by atoms with van der Waals surface area (Å²) in [6.07, 6.45) is 3.80. The van der Waals surface area contributed by atoms with Crippen LogP contribution in [0.25, 0.3) is 0 Å². The van der Waals surface area contributed by atoms with Crippen LogP contribution in [-0.2, 0) is 19.0 Å². The number of hydrogen-bond donors (Lipinski definition) is 1. The fourth-order valence-electron chi connectivity index (χ4n) is 0.809. The van der Waals surface area contributed by atoms with Crippen LogP contribution in [-0.4, -0.2) is 50.7 Å². The van der Waals surface area contributed by atoms with E-state index in [4.69, 9.17) is 14.6 Å². The van der Waals surface area contributed by atoms with Crippen molar-refractivity contribution in [3.8, 4) is 0 Å². The van der Waals surface area contributed by atoms with E-state index in [2.05, 4.69) is 18.2 Å². The van der Waals surface area contributed by atoms with Gasteiger partial charge in [0.2, 0.25) is 0 Å². The Morgan fingerprint density at radius 1 is 1.22 bits per heavy atom. The standard InChI is InChI=1S/C8H18O3.C5H8O2/c1-2-3-5-10-7-8-11-6-4-9;1-3-4-7-5(2)6/h9H,2-8H2,1H3;3H,1,4H2,2H3. The Hall–Kier alpha value is -0.910. The van der Waals surface area contributed by atoms with Crippen LogP contribution >= 0.6 is 0 Å². The number of esters is 1. The SMILES string of the molecule is C=CCOC(C)=O.CCCCOCCOCCO. The molecule has 18 heavy (non-hydrogen) atoms. The lowest BCUT2D eigenvalue weighted by molar-refractivity contribution is -0.139. The normalized spacial score (nSPS) is 9.28. The number of unbranched alkanes of at least 4 members (excludes halogenated alkanes) is 1. The van der Waals surface area contributed by atoms with Crippen molar-refractivity contribution >= 4 is 5.97 Å². The Labute approximate surface area is 110 Å². The Kier molecular flexibility index (Phi) is 19.9. The van der Waals surface area contributed by atoms with E-state index in [1.165, 1.54) is 13.0 Å². The highest BCUT2D eigenvalue weighted by molar-refractivity contribution is 5.65. The topological polar surface area (TPSA) is 65.0 Å². The first-order valence-corrected chi connectivity index (χ1v) is 6.19. The quantitative estimate of drug-likeness (QED) is 0.367. The minimum absolute atomic E-state index is 0.0922. The molecular formula is C13H26O5. The van der Waals surface area contributed by atoms with Crippen LogP contribution in [0.15, 0.2) is 12.7 Å². The van der Waals surface area contributed by atoms with Gasteiger partial charge in [-0.1, -0.05) is 26.0 Å². The second kappa shape index (κ2) is 18.5. The van der Waals surface area contributed by atoms with E-state index >= 15 is 0 Å². The zero-order chi connectivity index (χ0) is 14.1. The summed E-state index contributed by atoms with van der Waals surface area (Å²) in [6.45, 7) is 9.72. The van der Waals surface area contributed by atoms with Gasteiger partial charge >= 0.3 is 5.97 Å². The van der Waals surface area contributed by atoms with E-state index < -0.39 is 0 Å². The Balaban J connectivity index is 0. The highest BCUT2D eigenvalue weighted by atomic mass is 16.5. The summed E-state index contributed by atoms with van der Waals surface area (Å²) in [5.74, 6) is -0.264. The van der Waals surface area contributed by atoms with Crippen LogP contribution in [0, 0.1) is 0 Å². The average molecular weight is 262 g/mol. The minimum Gasteiger partial charge on any atom is -0.462 e. The smallest absolute Gasteiger partial charge is 0.302 e. The number of rotatable bonds is 10. The molecular weight excluding hydrogens is 236 g/mol. The maximum absolute atomic E-state index is 9.93. The van der Waals surface area contributed by atoms with E-state index in [1.807, 2.05) is 0 Å². The molecule has 0 fully saturated rings. The zero-order valence-electron chi connectivity index (χ0n) is 11.5. The van der Waals surface area contributed by atoms with Crippen LogP contribution in [0.5, 0.6) is 0 Å². The minimum atomic E-state index is -0.264. The molecule has 0 rings (SSSR count). The van der Waals surface area contributed by atoms with Gasteiger partial charge in [-0.15, -0.1) is 0 Å². The maximum Gasteiger partial charge on any atom is 0.302 e. The van der Waals surface area contributed by atoms with Gasteiger partial charge in [-0.2, -0.15) is 0 Å². The van der Waals surface area contributed by atoms with Crippen molar-refractivity contribution in [1.82, 2.24) is 0 Å². The molecule has 0 saturated carbocycles. The average Bonchev–Trinajstić information content (AvgIpc) is 2.36. The molecule has 0 aliphatic rings. The molecule has 0 spiro atoms. The molecule has 0 amide bonds. The van der Waals surface area contributed by atoms with Gasteiger partial charge in [0.05, 0.1) is 26.4 Å². The molecule has 0 aliphatic carbocycles. The van der Waals surface area contributed by atoms with Gasteiger partial charge in [0.15, 0.2) is 0 Å². The molecule has 5 heteroatoms. The van der Waals surface area contributed by atoms with Crippen molar-refractivity contribution in [2.45, 2.75) is 26.7 Å². The van der Waals surface area contributed by atoms with Crippen LogP contribution in [0.1, 0.15) is 26.7 Å². The molecule has 5 nitrogen and oxygen atoms in total. The molecule has 0 radical (unpaired) electrons. The van der Waals surface area contributed by atoms with Crippen molar-refractivity contribution in [1.29, 1.82) is 0 Å². The molecule has 108 valence electrons. The lowest BCUT2D eigenvalue weighted by Crippen LogP contribution is -2.07. The van der Waals surface area contributed by atoms with Crippen molar-refractivity contribution in [2.75, 3.05) is 39.6 Å². The zero-order valence-corrected chi connectivity index (χ0v) is 11.5. The Morgan fingerprint density at radius 2 is 1.83 bits per heavy atom. The summed E-state index contributed by atoms with van der Waals surface area (Å²) in [4.78, 5) is 9.93. The Morgan fingerprint density at radius 3 is 2.22 bits per heavy atom. The number of carbonyl (C=O) groups excluding carboxylic acids is 1. The molecule has 0 saturated heterocycles. The lowest BCUT2D eigenvalue weighted by Gasteiger charge is -2.02. The fraction of sp³-hybridized carbons (Fsp3) is 0.769. The summed E-state index contributed by atoms with van der Waals surface area (Å²) in [5, 5.41) is 8.34. The second-order valence-electron chi connectivity index (χ2n) is 3.39. The summed E-state index contributed by atoms with van der Waals surface area (Å²) in [7, 11) is 0. The molecule has 0 bridgehead atoms. The molecule has 0 aromatic carbocycles. The highest BCUT2D eigenvalue weighted by Gasteiger charge is 1.87. The maximum atomic E-state index is 9.93. The Bertz CT molecular complexity index is 174. The van der Waals surface area contributed by atoms with E-state index in [-0.39, 0.29) is 12.6 Å². The van der Waals surface area contributed by atoms with Crippen molar-refractivity contribution < 1.29 is 24.1 Å². The molecule has 0 aromatic heterocycles. The predicted octanol–water partition coefficient (Wildman–Crippen LogP) is 1.55. The third kappa shape index (κ3) is 24.4. The second-order valence-corrected chi connectivity index (χ2v) is 3.39. The first-order chi connectivity index (χ1) is 8.68. The summed E-state index contributed by atoms with van der Waals surface area (Å²) < 4.78 is 14.6. The molecule has 0 heterocycles. The van der Waals surface area contributed by atoms with Gasteiger partial charge in [0, 0.05) is 13.5 Å². The van der Waals surface area contributed by atoms with Gasteiger partial charge in [-0.3, -0.25) is 4.79 Å². The number of ether oxygens (including phenoxy) is 3. The van der Waals surface area contributed by atoms with Gasteiger partial charge in [0.25, 0.3) is 0 Å². The molecule has 0 unspecified atom stereocenters. The van der Waals surface area contributed by atoms with E-state index in [0.29, 0.717) is 26.4 Å². The molecule has 0 atom stereocenters. The van der Waals surface area contributed by atoms with E-state index in [0.717, 1.165) is 19.4 Å². The number of carbonyl (C=O) groups is 1. The monoisotopic (exact) mass is 262 g/mol. The molecule has 1 N–H and O–H groups in total.